The van der Waals surface area contributed by atoms with Crippen LogP contribution in [0.5, 0.6) is 0 Å². The molecule has 8 nitrogen and oxygen atoms in total. The molecule has 0 amide bonds. The minimum absolute atomic E-state index is 0.133. The second-order valence-corrected chi connectivity index (χ2v) is 5.57. The summed E-state index contributed by atoms with van der Waals surface area (Å²) in [5.74, 6) is 0.176. The monoisotopic (exact) mass is 280 g/mol. The molecule has 1 saturated carbocycles. The summed E-state index contributed by atoms with van der Waals surface area (Å²) < 4.78 is 1.94. The lowest BCUT2D eigenvalue weighted by atomic mass is 10.3. The van der Waals surface area contributed by atoms with Gasteiger partial charge >= 0.3 is 5.97 Å². The van der Waals surface area contributed by atoms with Crippen LogP contribution in [0.15, 0.2) is 0 Å². The number of hydrogen-bond acceptors (Lipinski definition) is 6. The van der Waals surface area contributed by atoms with Crippen LogP contribution in [0.3, 0.4) is 0 Å². The highest BCUT2D eigenvalue weighted by Gasteiger charge is 2.28. The van der Waals surface area contributed by atoms with Gasteiger partial charge in [0.2, 0.25) is 0 Å². The molecule has 0 atom stereocenters. The minimum Gasteiger partial charge on any atom is -0.480 e. The normalized spacial score (nSPS) is 21.8. The Labute approximate surface area is 117 Å². The van der Waals surface area contributed by atoms with E-state index in [1.165, 1.54) is 12.8 Å². The summed E-state index contributed by atoms with van der Waals surface area (Å²) >= 11 is 0. The van der Waals surface area contributed by atoms with Gasteiger partial charge in [0.05, 0.1) is 19.1 Å². The Kier molecular flexibility index (Phi) is 3.93. The van der Waals surface area contributed by atoms with E-state index in [9.17, 15) is 4.79 Å². The zero-order valence-electron chi connectivity index (χ0n) is 11.5. The Balaban J connectivity index is 1.55. The first-order chi connectivity index (χ1) is 9.72. The summed E-state index contributed by atoms with van der Waals surface area (Å²) in [5, 5.41) is 20.8. The number of carboxylic acid groups (broad SMARTS) is 1. The zero-order valence-corrected chi connectivity index (χ0v) is 11.5. The van der Waals surface area contributed by atoms with Crippen molar-refractivity contribution in [3.63, 3.8) is 0 Å². The van der Waals surface area contributed by atoms with Gasteiger partial charge in [-0.3, -0.25) is 14.6 Å². The number of carboxylic acids is 1. The highest BCUT2D eigenvalue weighted by Crippen LogP contribution is 2.34. The molecule has 2 fully saturated rings. The van der Waals surface area contributed by atoms with Crippen molar-refractivity contribution in [2.24, 2.45) is 0 Å². The van der Waals surface area contributed by atoms with Gasteiger partial charge in [0, 0.05) is 19.6 Å². The third-order valence-electron chi connectivity index (χ3n) is 3.86. The predicted molar refractivity (Wildman–Crippen MR) is 70.1 cm³/mol. The van der Waals surface area contributed by atoms with Crippen LogP contribution in [0.25, 0.3) is 0 Å². The van der Waals surface area contributed by atoms with Gasteiger partial charge in [-0.25, -0.2) is 4.68 Å². The van der Waals surface area contributed by atoms with E-state index in [1.807, 2.05) is 9.58 Å². The predicted octanol–water partition coefficient (Wildman–Crippen LogP) is -0.400. The molecule has 3 rings (SSSR count). The largest absolute Gasteiger partial charge is 0.480 e. The maximum Gasteiger partial charge on any atom is 0.317 e. The summed E-state index contributed by atoms with van der Waals surface area (Å²) in [4.78, 5) is 15.1. The summed E-state index contributed by atoms with van der Waals surface area (Å²) in [7, 11) is 0. The standard InChI is InChI=1S/C12H20N6O2/c19-12(20)9-17-5-1-4-16(6-7-17)8-11-13-14-15-18(11)10-2-3-10/h10H,1-9H2,(H,19,20). The molecule has 1 aromatic rings. The van der Waals surface area contributed by atoms with Gasteiger partial charge in [-0.05, 0) is 36.2 Å². The molecule has 110 valence electrons. The van der Waals surface area contributed by atoms with Crippen molar-refractivity contribution in [2.75, 3.05) is 32.7 Å². The van der Waals surface area contributed by atoms with Crippen molar-refractivity contribution >= 4 is 5.97 Å². The maximum absolute atomic E-state index is 10.8. The molecular weight excluding hydrogens is 260 g/mol. The lowest BCUT2D eigenvalue weighted by molar-refractivity contribution is -0.138. The van der Waals surface area contributed by atoms with E-state index in [-0.39, 0.29) is 6.54 Å². The molecule has 1 aromatic heterocycles. The highest BCUT2D eigenvalue weighted by molar-refractivity contribution is 5.69. The molecule has 0 aromatic carbocycles. The lowest BCUT2D eigenvalue weighted by Crippen LogP contribution is -2.34. The van der Waals surface area contributed by atoms with Gasteiger partial charge in [-0.1, -0.05) is 0 Å². The second kappa shape index (κ2) is 5.84. The Morgan fingerprint density at radius 1 is 1.20 bits per heavy atom. The van der Waals surface area contributed by atoms with E-state index in [4.69, 9.17) is 5.11 Å². The summed E-state index contributed by atoms with van der Waals surface area (Å²) in [6, 6.07) is 0.496. The molecule has 0 unspecified atom stereocenters. The number of nitrogens with zero attached hydrogens (tertiary/aromatic N) is 6. The quantitative estimate of drug-likeness (QED) is 0.785. The van der Waals surface area contributed by atoms with E-state index in [1.54, 1.807) is 0 Å². The lowest BCUT2D eigenvalue weighted by Gasteiger charge is -2.20. The van der Waals surface area contributed by atoms with Crippen LogP contribution in [-0.2, 0) is 11.3 Å². The van der Waals surface area contributed by atoms with Crippen LogP contribution < -0.4 is 0 Å². The molecule has 2 aliphatic rings. The van der Waals surface area contributed by atoms with Crippen molar-refractivity contribution in [2.45, 2.75) is 31.8 Å². The molecular formula is C12H20N6O2. The van der Waals surface area contributed by atoms with Crippen molar-refractivity contribution < 1.29 is 9.90 Å². The topological polar surface area (TPSA) is 87.4 Å². The number of aromatic nitrogens is 4. The molecule has 1 aliphatic carbocycles. The third-order valence-corrected chi connectivity index (χ3v) is 3.86. The fraction of sp³-hybridized carbons (Fsp3) is 0.833. The number of rotatable bonds is 5. The summed E-state index contributed by atoms with van der Waals surface area (Å²) in [6.45, 7) is 4.35. The first-order valence-electron chi connectivity index (χ1n) is 7.15. The molecule has 2 heterocycles. The molecule has 0 bridgehead atoms. The Bertz CT molecular complexity index is 472. The Morgan fingerprint density at radius 2 is 1.95 bits per heavy atom. The van der Waals surface area contributed by atoms with E-state index >= 15 is 0 Å². The smallest absolute Gasteiger partial charge is 0.317 e. The van der Waals surface area contributed by atoms with Gasteiger partial charge in [-0.15, -0.1) is 5.10 Å². The fourth-order valence-electron chi connectivity index (χ4n) is 2.65. The van der Waals surface area contributed by atoms with E-state index in [0.29, 0.717) is 6.04 Å². The molecule has 1 aliphatic heterocycles. The molecule has 0 radical (unpaired) electrons. The van der Waals surface area contributed by atoms with Gasteiger partial charge in [0.1, 0.15) is 0 Å². The third kappa shape index (κ3) is 3.31. The van der Waals surface area contributed by atoms with Crippen molar-refractivity contribution in [1.29, 1.82) is 0 Å². The van der Waals surface area contributed by atoms with E-state index in [0.717, 1.165) is 45.0 Å². The second-order valence-electron chi connectivity index (χ2n) is 5.57. The number of carbonyl (C=O) groups is 1. The molecule has 20 heavy (non-hydrogen) atoms. The number of hydrogen-bond donors (Lipinski definition) is 1. The van der Waals surface area contributed by atoms with Gasteiger partial charge in [0.15, 0.2) is 5.82 Å². The average Bonchev–Trinajstić information content (AvgIpc) is 3.17. The fourth-order valence-corrected chi connectivity index (χ4v) is 2.65. The first kappa shape index (κ1) is 13.4. The average molecular weight is 280 g/mol. The van der Waals surface area contributed by atoms with Crippen LogP contribution in [0.2, 0.25) is 0 Å². The van der Waals surface area contributed by atoms with Gasteiger partial charge in [0.25, 0.3) is 0 Å². The van der Waals surface area contributed by atoms with Gasteiger partial charge < -0.3 is 5.11 Å². The van der Waals surface area contributed by atoms with Crippen molar-refractivity contribution in [1.82, 2.24) is 30.0 Å². The Morgan fingerprint density at radius 3 is 2.70 bits per heavy atom. The van der Waals surface area contributed by atoms with Crippen molar-refractivity contribution in [3.05, 3.63) is 5.82 Å². The first-order valence-corrected chi connectivity index (χ1v) is 7.15. The summed E-state index contributed by atoms with van der Waals surface area (Å²) in [6.07, 6.45) is 3.33. The van der Waals surface area contributed by atoms with Crippen molar-refractivity contribution in [3.8, 4) is 0 Å². The Hall–Kier alpha value is -1.54. The van der Waals surface area contributed by atoms with Crippen LogP contribution in [0.1, 0.15) is 31.1 Å². The highest BCUT2D eigenvalue weighted by atomic mass is 16.4. The van der Waals surface area contributed by atoms with Gasteiger partial charge in [-0.2, -0.15) is 0 Å². The summed E-state index contributed by atoms with van der Waals surface area (Å²) in [5.41, 5.74) is 0. The van der Waals surface area contributed by atoms with E-state index < -0.39 is 5.97 Å². The molecule has 1 saturated heterocycles. The van der Waals surface area contributed by atoms with Crippen LogP contribution in [-0.4, -0.2) is 73.8 Å². The van der Waals surface area contributed by atoms with Crippen LogP contribution >= 0.6 is 0 Å². The SMILES string of the molecule is O=C(O)CN1CCCN(Cc2nnnn2C2CC2)CC1. The van der Waals surface area contributed by atoms with Crippen LogP contribution in [0, 0.1) is 0 Å². The molecule has 1 N–H and O–H groups in total. The zero-order chi connectivity index (χ0) is 13.9. The number of aliphatic carboxylic acids is 1. The molecule has 0 spiro atoms. The van der Waals surface area contributed by atoms with E-state index in [2.05, 4.69) is 20.4 Å². The molecule has 8 heteroatoms. The maximum atomic E-state index is 10.8. The minimum atomic E-state index is -0.754. The number of tetrazole rings is 1. The van der Waals surface area contributed by atoms with Crippen LogP contribution in [0.4, 0.5) is 0 Å².